The van der Waals surface area contributed by atoms with Crippen LogP contribution >= 0.6 is 0 Å². The van der Waals surface area contributed by atoms with Crippen molar-refractivity contribution in [2.24, 2.45) is 0 Å². The molecule has 1 aliphatic heterocycles. The molecule has 1 heterocycles. The van der Waals surface area contributed by atoms with E-state index in [1.54, 1.807) is 0 Å². The largest absolute Gasteiger partial charge is 0.492 e. The fourth-order valence-corrected chi connectivity index (χ4v) is 3.25. The first kappa shape index (κ1) is 14.9. The van der Waals surface area contributed by atoms with Crippen LogP contribution in [-0.4, -0.2) is 12.1 Å². The van der Waals surface area contributed by atoms with Crippen molar-refractivity contribution in [3.63, 3.8) is 0 Å². The summed E-state index contributed by atoms with van der Waals surface area (Å²) in [4.78, 5) is 0. The highest BCUT2D eigenvalue weighted by Gasteiger charge is 2.39. The summed E-state index contributed by atoms with van der Waals surface area (Å²) in [6.07, 6.45) is -0.279. The van der Waals surface area contributed by atoms with E-state index in [0.717, 1.165) is 27.7 Å². The lowest BCUT2D eigenvalue weighted by Crippen LogP contribution is -2.15. The van der Waals surface area contributed by atoms with E-state index in [1.165, 1.54) is 0 Å². The maximum atomic E-state index is 10.6. The van der Waals surface area contributed by atoms with E-state index in [9.17, 15) is 5.02 Å². The number of hydrogen-bond acceptors (Lipinski definition) is 2. The van der Waals surface area contributed by atoms with Crippen molar-refractivity contribution in [2.75, 3.05) is 0 Å². The molecular formula is C21H17BO2. The van der Waals surface area contributed by atoms with Gasteiger partial charge in [0.2, 0.25) is 0 Å². The first-order valence-electron chi connectivity index (χ1n) is 8.08. The minimum absolute atomic E-state index is 0.279. The molecule has 3 aromatic carbocycles. The molecular weight excluding hydrogens is 295 g/mol. The zero-order valence-corrected chi connectivity index (χ0v) is 13.2. The SMILES string of the molecule is OB1OC(c2ccccc2)C(c2ccccc2)=C1c1ccccc1. The summed E-state index contributed by atoms with van der Waals surface area (Å²) < 4.78 is 5.96. The van der Waals surface area contributed by atoms with Gasteiger partial charge in [0.25, 0.3) is 0 Å². The van der Waals surface area contributed by atoms with Crippen molar-refractivity contribution >= 4 is 18.2 Å². The Morgan fingerprint density at radius 1 is 0.667 bits per heavy atom. The van der Waals surface area contributed by atoms with Gasteiger partial charge >= 0.3 is 7.12 Å². The van der Waals surface area contributed by atoms with Gasteiger partial charge in [0.15, 0.2) is 0 Å². The third kappa shape index (κ3) is 2.69. The van der Waals surface area contributed by atoms with Gasteiger partial charge in [-0.1, -0.05) is 91.0 Å². The third-order valence-electron chi connectivity index (χ3n) is 4.34. The van der Waals surface area contributed by atoms with E-state index in [4.69, 9.17) is 4.65 Å². The van der Waals surface area contributed by atoms with Crippen LogP contribution in [-0.2, 0) is 4.65 Å². The molecule has 2 nitrogen and oxygen atoms in total. The van der Waals surface area contributed by atoms with Crippen LogP contribution in [0.4, 0.5) is 0 Å². The van der Waals surface area contributed by atoms with Crippen LogP contribution in [0.15, 0.2) is 91.0 Å². The normalized spacial score (nSPS) is 17.4. The van der Waals surface area contributed by atoms with Crippen LogP contribution in [0.3, 0.4) is 0 Å². The lowest BCUT2D eigenvalue weighted by Gasteiger charge is -2.17. The highest BCUT2D eigenvalue weighted by molar-refractivity contribution is 6.71. The maximum Gasteiger partial charge on any atom is 0.492 e. The van der Waals surface area contributed by atoms with Gasteiger partial charge in [0, 0.05) is 0 Å². The summed E-state index contributed by atoms with van der Waals surface area (Å²) >= 11 is 0. The van der Waals surface area contributed by atoms with Crippen molar-refractivity contribution in [1.29, 1.82) is 0 Å². The Labute approximate surface area is 142 Å². The van der Waals surface area contributed by atoms with E-state index >= 15 is 0 Å². The molecule has 0 saturated heterocycles. The smallest absolute Gasteiger partial charge is 0.423 e. The second kappa shape index (κ2) is 6.48. The molecule has 1 N–H and O–H groups in total. The van der Waals surface area contributed by atoms with E-state index in [0.29, 0.717) is 0 Å². The standard InChI is InChI=1S/C21H17BO2/c23-22-20(17-12-6-2-7-13-17)19(16-10-4-1-5-11-16)21(24-22)18-14-8-3-9-15-18/h1-15,21,23H. The van der Waals surface area contributed by atoms with Gasteiger partial charge in [0.05, 0.1) is 6.10 Å². The molecule has 0 saturated carbocycles. The lowest BCUT2D eigenvalue weighted by atomic mass is 9.72. The molecule has 24 heavy (non-hydrogen) atoms. The van der Waals surface area contributed by atoms with Crippen LogP contribution in [0.2, 0.25) is 0 Å². The molecule has 116 valence electrons. The minimum atomic E-state index is -0.937. The molecule has 0 fully saturated rings. The average molecular weight is 312 g/mol. The first-order chi connectivity index (χ1) is 11.8. The van der Waals surface area contributed by atoms with Gasteiger partial charge < -0.3 is 9.68 Å². The summed E-state index contributed by atoms with van der Waals surface area (Å²) in [6, 6.07) is 30.2. The molecule has 3 aromatic rings. The predicted octanol–water partition coefficient (Wildman–Crippen LogP) is 4.39. The maximum absolute atomic E-state index is 10.6. The van der Waals surface area contributed by atoms with Crippen LogP contribution in [0.25, 0.3) is 11.0 Å². The first-order valence-corrected chi connectivity index (χ1v) is 8.08. The van der Waals surface area contributed by atoms with Gasteiger partial charge in [-0.3, -0.25) is 0 Å². The van der Waals surface area contributed by atoms with Gasteiger partial charge in [-0.25, -0.2) is 0 Å². The second-order valence-corrected chi connectivity index (χ2v) is 5.84. The highest BCUT2D eigenvalue weighted by Crippen LogP contribution is 2.45. The van der Waals surface area contributed by atoms with Gasteiger partial charge in [-0.05, 0) is 27.7 Å². The number of hydrogen-bond donors (Lipinski definition) is 1. The van der Waals surface area contributed by atoms with Crippen molar-refractivity contribution in [3.05, 3.63) is 108 Å². The molecule has 0 bridgehead atoms. The zero-order chi connectivity index (χ0) is 16.4. The molecule has 0 radical (unpaired) electrons. The molecule has 0 aliphatic carbocycles. The quantitative estimate of drug-likeness (QED) is 0.727. The molecule has 0 aromatic heterocycles. The third-order valence-corrected chi connectivity index (χ3v) is 4.34. The second-order valence-electron chi connectivity index (χ2n) is 5.84. The van der Waals surface area contributed by atoms with Gasteiger partial charge in [0.1, 0.15) is 0 Å². The van der Waals surface area contributed by atoms with Crippen LogP contribution in [0, 0.1) is 0 Å². The fourth-order valence-electron chi connectivity index (χ4n) is 3.25. The lowest BCUT2D eigenvalue weighted by molar-refractivity contribution is 0.236. The molecule has 1 atom stereocenters. The Bertz CT molecular complexity index is 845. The Morgan fingerprint density at radius 2 is 1.17 bits per heavy atom. The topological polar surface area (TPSA) is 29.5 Å². The Morgan fingerprint density at radius 3 is 1.75 bits per heavy atom. The molecule has 4 rings (SSSR count). The zero-order valence-electron chi connectivity index (χ0n) is 13.2. The Balaban J connectivity index is 1.93. The summed E-state index contributed by atoms with van der Waals surface area (Å²) in [6.45, 7) is 0. The van der Waals surface area contributed by atoms with Crippen molar-refractivity contribution in [3.8, 4) is 0 Å². The van der Waals surface area contributed by atoms with E-state index < -0.39 is 7.12 Å². The molecule has 0 amide bonds. The molecule has 3 heteroatoms. The van der Waals surface area contributed by atoms with Crippen LogP contribution in [0.1, 0.15) is 22.8 Å². The van der Waals surface area contributed by atoms with E-state index in [2.05, 4.69) is 12.1 Å². The number of benzene rings is 3. The van der Waals surface area contributed by atoms with Gasteiger partial charge in [-0.2, -0.15) is 0 Å². The fraction of sp³-hybridized carbons (Fsp3) is 0.0476. The molecule has 1 unspecified atom stereocenters. The monoisotopic (exact) mass is 312 g/mol. The average Bonchev–Trinajstić information content (AvgIpc) is 3.01. The van der Waals surface area contributed by atoms with Crippen molar-refractivity contribution in [1.82, 2.24) is 0 Å². The minimum Gasteiger partial charge on any atom is -0.423 e. The van der Waals surface area contributed by atoms with E-state index in [1.807, 2.05) is 78.9 Å². The van der Waals surface area contributed by atoms with Gasteiger partial charge in [-0.15, -0.1) is 0 Å². The van der Waals surface area contributed by atoms with E-state index in [-0.39, 0.29) is 6.10 Å². The summed E-state index contributed by atoms with van der Waals surface area (Å²) in [5.41, 5.74) is 4.97. The summed E-state index contributed by atoms with van der Waals surface area (Å²) in [5.74, 6) is 0. The van der Waals surface area contributed by atoms with Crippen molar-refractivity contribution in [2.45, 2.75) is 6.10 Å². The highest BCUT2D eigenvalue weighted by atomic mass is 16.5. The summed E-state index contributed by atoms with van der Waals surface area (Å²) in [5, 5.41) is 10.6. The Kier molecular flexibility index (Phi) is 4.03. The summed E-state index contributed by atoms with van der Waals surface area (Å²) in [7, 11) is -0.937. The van der Waals surface area contributed by atoms with Crippen LogP contribution in [0.5, 0.6) is 0 Å². The predicted molar refractivity (Wildman–Crippen MR) is 97.9 cm³/mol. The number of rotatable bonds is 3. The molecule has 0 spiro atoms. The van der Waals surface area contributed by atoms with Crippen LogP contribution < -0.4 is 0 Å². The van der Waals surface area contributed by atoms with Crippen molar-refractivity contribution < 1.29 is 9.68 Å². The Hall–Kier alpha value is -2.62. The molecule has 1 aliphatic rings.